The van der Waals surface area contributed by atoms with Crippen LogP contribution in [0.1, 0.15) is 0 Å². The Morgan fingerprint density at radius 1 is 0.153 bits per heavy atom. The van der Waals surface area contributed by atoms with Crippen molar-refractivity contribution in [1.29, 1.82) is 0 Å². The maximum Gasteiger partial charge on any atom is 0.164 e. The van der Waals surface area contributed by atoms with Crippen molar-refractivity contribution in [2.24, 2.45) is 0 Å². The van der Waals surface area contributed by atoms with Gasteiger partial charge in [0.15, 0.2) is 17.5 Å². The third kappa shape index (κ3) is 8.19. The second-order valence-corrected chi connectivity index (χ2v) is 18.4. The van der Waals surface area contributed by atoms with E-state index in [9.17, 15) is 0 Å². The van der Waals surface area contributed by atoms with Crippen molar-refractivity contribution in [3.05, 3.63) is 273 Å². The lowest BCUT2D eigenvalue weighted by Gasteiger charge is -2.11. The second-order valence-electron chi connectivity index (χ2n) is 18.4. The lowest BCUT2D eigenvalue weighted by Crippen LogP contribution is -2.00. The summed E-state index contributed by atoms with van der Waals surface area (Å²) < 4.78 is 0. The molecule has 3 heteroatoms. The van der Waals surface area contributed by atoms with Crippen LogP contribution in [0.3, 0.4) is 0 Å². The molecule has 13 rings (SSSR count). The van der Waals surface area contributed by atoms with Crippen LogP contribution in [0.5, 0.6) is 0 Å². The van der Waals surface area contributed by atoms with Gasteiger partial charge in [0.1, 0.15) is 0 Å². The molecule has 0 saturated heterocycles. The first-order valence-electron chi connectivity index (χ1n) is 24.5. The van der Waals surface area contributed by atoms with E-state index in [0.29, 0.717) is 17.5 Å². The van der Waals surface area contributed by atoms with Crippen molar-refractivity contribution < 1.29 is 0 Å². The number of fused-ring (bicyclic) bond motifs is 3. The summed E-state index contributed by atoms with van der Waals surface area (Å²) in [5.74, 6) is 1.86. The van der Waals surface area contributed by atoms with E-state index in [0.717, 1.165) is 50.1 Å². The Balaban J connectivity index is 0.811. The maximum absolute atomic E-state index is 5.14. The van der Waals surface area contributed by atoms with Crippen molar-refractivity contribution in [1.82, 2.24) is 15.0 Å². The number of benzene rings is 12. The molecule has 0 unspecified atom stereocenters. The highest BCUT2D eigenvalue weighted by Gasteiger charge is 2.15. The SMILES string of the molecule is c1ccc2c(-c3ccc(-c4ccc(-c5nc(-c6ccc(-c7ccc(-c8cccc9ccccc89)cc7)cc6)nc(-c6ccc(-c7ccc(-c8cccc9ccccc89)cc7)cc6)n5)cc4)cc3)cccc2c1. The van der Waals surface area contributed by atoms with Crippen LogP contribution < -0.4 is 0 Å². The molecular weight excluding hydrogens is 871 g/mol. The first-order chi connectivity index (χ1) is 35.6. The third-order valence-electron chi connectivity index (χ3n) is 14.0. The average molecular weight is 916 g/mol. The first kappa shape index (κ1) is 42.5. The van der Waals surface area contributed by atoms with Gasteiger partial charge in [-0.2, -0.15) is 0 Å². The summed E-state index contributed by atoms with van der Waals surface area (Å²) in [6.45, 7) is 0. The fourth-order valence-corrected chi connectivity index (χ4v) is 10.2. The van der Waals surface area contributed by atoms with Gasteiger partial charge in [0, 0.05) is 16.7 Å². The lowest BCUT2D eigenvalue weighted by molar-refractivity contribution is 1.07. The van der Waals surface area contributed by atoms with Gasteiger partial charge in [0.25, 0.3) is 0 Å². The molecule has 1 aromatic heterocycles. The van der Waals surface area contributed by atoms with E-state index in [1.165, 1.54) is 65.7 Å². The number of nitrogens with zero attached hydrogens (tertiary/aromatic N) is 3. The zero-order valence-electron chi connectivity index (χ0n) is 39.3. The molecule has 1 heterocycles. The summed E-state index contributed by atoms with van der Waals surface area (Å²) in [4.78, 5) is 15.4. The predicted octanol–water partition coefficient (Wildman–Crippen LogP) is 18.3. The minimum absolute atomic E-state index is 0.619. The topological polar surface area (TPSA) is 38.7 Å². The number of hydrogen-bond acceptors (Lipinski definition) is 3. The summed E-state index contributed by atoms with van der Waals surface area (Å²) in [5.41, 5.74) is 16.9. The summed E-state index contributed by atoms with van der Waals surface area (Å²) in [5, 5.41) is 7.49. The van der Waals surface area contributed by atoms with Crippen molar-refractivity contribution in [3.63, 3.8) is 0 Å². The standard InChI is InChI=1S/C69H45N3/c1-4-16-61-52(10-1)13-7-19-64(61)55-34-22-46(23-35-55)49-28-40-58(41-29-49)67-70-68(59-42-30-50(31-43-59)47-24-36-56(37-25-47)65-20-8-14-53-11-2-5-17-62(53)65)72-69(71-67)60-44-32-51(33-45-60)48-26-38-57(39-27-48)66-21-9-15-54-12-3-6-18-63(54)66/h1-45H. The number of hydrogen-bond donors (Lipinski definition) is 0. The van der Waals surface area contributed by atoms with Crippen molar-refractivity contribution >= 4 is 32.3 Å². The fourth-order valence-electron chi connectivity index (χ4n) is 10.2. The smallest absolute Gasteiger partial charge is 0.164 e. The first-order valence-corrected chi connectivity index (χ1v) is 24.5. The van der Waals surface area contributed by atoms with Gasteiger partial charge >= 0.3 is 0 Å². The van der Waals surface area contributed by atoms with Crippen LogP contribution in [-0.2, 0) is 0 Å². The fraction of sp³-hybridized carbons (Fsp3) is 0. The van der Waals surface area contributed by atoms with Gasteiger partial charge in [-0.05, 0) is 99.1 Å². The van der Waals surface area contributed by atoms with E-state index in [1.54, 1.807) is 0 Å². The highest BCUT2D eigenvalue weighted by molar-refractivity contribution is 5.99. The largest absolute Gasteiger partial charge is 0.208 e. The van der Waals surface area contributed by atoms with E-state index in [-0.39, 0.29) is 0 Å². The molecular formula is C69H45N3. The third-order valence-corrected chi connectivity index (χ3v) is 14.0. The molecule has 0 amide bonds. The van der Waals surface area contributed by atoms with Crippen LogP contribution in [-0.4, -0.2) is 15.0 Å². The van der Waals surface area contributed by atoms with Gasteiger partial charge in [0.2, 0.25) is 0 Å². The van der Waals surface area contributed by atoms with E-state index in [4.69, 9.17) is 15.0 Å². The van der Waals surface area contributed by atoms with E-state index >= 15 is 0 Å². The van der Waals surface area contributed by atoms with Gasteiger partial charge in [0.05, 0.1) is 0 Å². The highest BCUT2D eigenvalue weighted by atomic mass is 15.0. The quantitative estimate of drug-likeness (QED) is 0.145. The molecule has 0 radical (unpaired) electrons. The van der Waals surface area contributed by atoms with Gasteiger partial charge in [-0.1, -0.05) is 273 Å². The van der Waals surface area contributed by atoms with Crippen LogP contribution in [0.2, 0.25) is 0 Å². The molecule has 13 aromatic rings. The monoisotopic (exact) mass is 915 g/mol. The highest BCUT2D eigenvalue weighted by Crippen LogP contribution is 2.36. The number of aromatic nitrogens is 3. The van der Waals surface area contributed by atoms with E-state index in [2.05, 4.69) is 273 Å². The second kappa shape index (κ2) is 18.4. The van der Waals surface area contributed by atoms with Gasteiger partial charge in [-0.25, -0.2) is 15.0 Å². The Morgan fingerprint density at radius 3 is 0.597 bits per heavy atom. The molecule has 0 atom stereocenters. The molecule has 0 aliphatic heterocycles. The van der Waals surface area contributed by atoms with Gasteiger partial charge in [-0.3, -0.25) is 0 Å². The Bertz CT molecular complexity index is 3630. The van der Waals surface area contributed by atoms with Crippen LogP contribution in [0.25, 0.3) is 133 Å². The minimum Gasteiger partial charge on any atom is -0.208 e. The minimum atomic E-state index is 0.619. The van der Waals surface area contributed by atoms with Crippen LogP contribution in [0.4, 0.5) is 0 Å². The van der Waals surface area contributed by atoms with Crippen LogP contribution >= 0.6 is 0 Å². The zero-order chi connectivity index (χ0) is 47.8. The Hall–Kier alpha value is -9.57. The van der Waals surface area contributed by atoms with Gasteiger partial charge in [-0.15, -0.1) is 0 Å². The summed E-state index contributed by atoms with van der Waals surface area (Å²) in [6.07, 6.45) is 0. The zero-order valence-corrected chi connectivity index (χ0v) is 39.3. The predicted molar refractivity (Wildman–Crippen MR) is 301 cm³/mol. The molecule has 0 aliphatic rings. The average Bonchev–Trinajstić information content (AvgIpc) is 3.47. The molecule has 0 bridgehead atoms. The molecule has 336 valence electrons. The molecule has 0 spiro atoms. The normalized spacial score (nSPS) is 11.3. The molecule has 0 N–H and O–H groups in total. The Morgan fingerprint density at radius 2 is 0.347 bits per heavy atom. The molecule has 0 aliphatic carbocycles. The molecule has 12 aromatic carbocycles. The van der Waals surface area contributed by atoms with Crippen LogP contribution in [0.15, 0.2) is 273 Å². The Labute approximate surface area is 419 Å². The van der Waals surface area contributed by atoms with Gasteiger partial charge < -0.3 is 0 Å². The molecule has 3 nitrogen and oxygen atoms in total. The van der Waals surface area contributed by atoms with Crippen molar-refractivity contribution in [3.8, 4) is 101 Å². The molecule has 72 heavy (non-hydrogen) atoms. The lowest BCUT2D eigenvalue weighted by atomic mass is 9.96. The van der Waals surface area contributed by atoms with E-state index in [1.807, 2.05) is 0 Å². The molecule has 0 fully saturated rings. The Kier molecular flexibility index (Phi) is 10.9. The van der Waals surface area contributed by atoms with Crippen molar-refractivity contribution in [2.75, 3.05) is 0 Å². The van der Waals surface area contributed by atoms with Crippen LogP contribution in [0, 0.1) is 0 Å². The summed E-state index contributed by atoms with van der Waals surface area (Å²) >= 11 is 0. The summed E-state index contributed by atoms with van der Waals surface area (Å²) in [7, 11) is 0. The van der Waals surface area contributed by atoms with Crippen molar-refractivity contribution in [2.45, 2.75) is 0 Å². The summed E-state index contributed by atoms with van der Waals surface area (Å²) in [6, 6.07) is 97.4. The maximum atomic E-state index is 5.14. The number of rotatable bonds is 9. The molecule has 0 saturated carbocycles. The van der Waals surface area contributed by atoms with E-state index < -0.39 is 0 Å².